The molecular weight excluding hydrogens is 323 g/mol. The number of carbonyl (C=O) groups is 1. The van der Waals surface area contributed by atoms with E-state index in [4.69, 9.17) is 4.74 Å². The summed E-state index contributed by atoms with van der Waals surface area (Å²) in [5, 5.41) is 3.21. The molecule has 7 heteroatoms. The largest absolute Gasteiger partial charge is 0.378 e. The van der Waals surface area contributed by atoms with Crippen molar-refractivity contribution >= 4 is 11.7 Å². The van der Waals surface area contributed by atoms with E-state index < -0.39 is 0 Å². The van der Waals surface area contributed by atoms with Crippen molar-refractivity contribution in [3.05, 3.63) is 53.2 Å². The molecule has 1 amide bonds. The fourth-order valence-electron chi connectivity index (χ4n) is 2.68. The molecule has 6 nitrogen and oxygen atoms in total. The van der Waals surface area contributed by atoms with Crippen LogP contribution in [0, 0.1) is 12.7 Å². The number of aromatic nitrogens is 2. The molecule has 1 aromatic carbocycles. The van der Waals surface area contributed by atoms with Crippen molar-refractivity contribution in [2.24, 2.45) is 0 Å². The van der Waals surface area contributed by atoms with Crippen LogP contribution in [0.3, 0.4) is 0 Å². The Morgan fingerprint density at radius 1 is 1.24 bits per heavy atom. The van der Waals surface area contributed by atoms with Crippen LogP contribution < -0.4 is 5.32 Å². The van der Waals surface area contributed by atoms with Crippen LogP contribution in [-0.2, 0) is 11.2 Å². The first-order chi connectivity index (χ1) is 12.1. The van der Waals surface area contributed by atoms with Gasteiger partial charge in [-0.3, -0.25) is 4.79 Å². The van der Waals surface area contributed by atoms with Crippen molar-refractivity contribution in [3.8, 4) is 0 Å². The Kier molecular flexibility index (Phi) is 5.55. The highest BCUT2D eigenvalue weighted by Crippen LogP contribution is 2.11. The van der Waals surface area contributed by atoms with E-state index in [-0.39, 0.29) is 11.7 Å². The average molecular weight is 344 g/mol. The molecule has 132 valence electrons. The molecule has 0 atom stereocenters. The van der Waals surface area contributed by atoms with Crippen molar-refractivity contribution in [2.75, 3.05) is 38.2 Å². The molecule has 1 fully saturated rings. The van der Waals surface area contributed by atoms with Crippen molar-refractivity contribution in [2.45, 2.75) is 13.3 Å². The summed E-state index contributed by atoms with van der Waals surface area (Å²) in [6.45, 7) is 4.66. The van der Waals surface area contributed by atoms with E-state index in [1.165, 1.54) is 12.1 Å². The Balaban J connectivity index is 1.62. The monoisotopic (exact) mass is 344 g/mol. The van der Waals surface area contributed by atoms with Gasteiger partial charge in [0.05, 0.1) is 13.2 Å². The molecular formula is C18H21FN4O2. The summed E-state index contributed by atoms with van der Waals surface area (Å²) in [6.07, 6.45) is 0.732. The van der Waals surface area contributed by atoms with Crippen LogP contribution in [0.4, 0.5) is 10.2 Å². The number of aryl methyl sites for hydroxylation is 1. The quantitative estimate of drug-likeness (QED) is 0.899. The van der Waals surface area contributed by atoms with Gasteiger partial charge in [0.2, 0.25) is 0 Å². The Labute approximate surface area is 146 Å². The van der Waals surface area contributed by atoms with E-state index in [2.05, 4.69) is 15.3 Å². The molecule has 0 saturated carbocycles. The third-order valence-corrected chi connectivity index (χ3v) is 3.99. The molecule has 0 radical (unpaired) electrons. The van der Waals surface area contributed by atoms with Crippen LogP contribution in [0.2, 0.25) is 0 Å². The molecule has 0 spiro atoms. The summed E-state index contributed by atoms with van der Waals surface area (Å²) in [5.74, 6) is 0.819. The maximum Gasteiger partial charge on any atom is 0.272 e. The van der Waals surface area contributed by atoms with Crippen molar-refractivity contribution in [3.63, 3.8) is 0 Å². The normalized spacial score (nSPS) is 14.4. The minimum Gasteiger partial charge on any atom is -0.378 e. The van der Waals surface area contributed by atoms with Crippen molar-refractivity contribution < 1.29 is 13.9 Å². The molecule has 0 unspecified atom stereocenters. The van der Waals surface area contributed by atoms with E-state index in [9.17, 15) is 9.18 Å². The third kappa shape index (κ3) is 4.73. The van der Waals surface area contributed by atoms with Gasteiger partial charge in [0, 0.05) is 25.7 Å². The number of amides is 1. The molecule has 1 saturated heterocycles. The summed E-state index contributed by atoms with van der Waals surface area (Å²) in [4.78, 5) is 22.9. The van der Waals surface area contributed by atoms with Gasteiger partial charge in [0.1, 0.15) is 23.2 Å². The first-order valence-corrected chi connectivity index (χ1v) is 8.33. The fourth-order valence-corrected chi connectivity index (χ4v) is 2.68. The minimum absolute atomic E-state index is 0.101. The van der Waals surface area contributed by atoms with E-state index in [0.717, 1.165) is 12.0 Å². The maximum absolute atomic E-state index is 12.9. The number of halogens is 1. The van der Waals surface area contributed by atoms with E-state index in [1.807, 2.05) is 0 Å². The molecule has 3 rings (SSSR count). The Morgan fingerprint density at radius 2 is 1.96 bits per heavy atom. The zero-order valence-corrected chi connectivity index (χ0v) is 14.2. The van der Waals surface area contributed by atoms with E-state index >= 15 is 0 Å². The number of nitrogens with one attached hydrogen (secondary N) is 1. The van der Waals surface area contributed by atoms with Crippen LogP contribution >= 0.6 is 0 Å². The van der Waals surface area contributed by atoms with Gasteiger partial charge in [-0.05, 0) is 31.0 Å². The first kappa shape index (κ1) is 17.3. The van der Waals surface area contributed by atoms with Crippen LogP contribution in [0.1, 0.15) is 21.9 Å². The molecule has 2 heterocycles. The van der Waals surface area contributed by atoms with Gasteiger partial charge < -0.3 is 15.0 Å². The first-order valence-electron chi connectivity index (χ1n) is 8.33. The lowest BCUT2D eigenvalue weighted by atomic mass is 10.1. The zero-order chi connectivity index (χ0) is 17.6. The predicted molar refractivity (Wildman–Crippen MR) is 92.1 cm³/mol. The Hall–Kier alpha value is -2.54. The summed E-state index contributed by atoms with van der Waals surface area (Å²) in [5.41, 5.74) is 1.42. The van der Waals surface area contributed by atoms with Gasteiger partial charge in [0.25, 0.3) is 5.91 Å². The minimum atomic E-state index is -0.241. The fraction of sp³-hybridized carbons (Fsp3) is 0.389. The Morgan fingerprint density at radius 3 is 2.68 bits per heavy atom. The number of morpholine rings is 1. The highest BCUT2D eigenvalue weighted by atomic mass is 19.1. The topological polar surface area (TPSA) is 67.4 Å². The SMILES string of the molecule is Cc1nc(NCCc2ccc(F)cc2)cc(C(=O)N2CCOCC2)n1. The van der Waals surface area contributed by atoms with Gasteiger partial charge in [-0.25, -0.2) is 14.4 Å². The number of benzene rings is 1. The van der Waals surface area contributed by atoms with Crippen LogP contribution in [-0.4, -0.2) is 53.6 Å². The summed E-state index contributed by atoms with van der Waals surface area (Å²) >= 11 is 0. The highest BCUT2D eigenvalue weighted by molar-refractivity contribution is 5.93. The van der Waals surface area contributed by atoms with Gasteiger partial charge in [-0.15, -0.1) is 0 Å². The number of carbonyl (C=O) groups excluding carboxylic acids is 1. The predicted octanol–water partition coefficient (Wildman–Crippen LogP) is 2.05. The smallest absolute Gasteiger partial charge is 0.272 e. The number of anilines is 1. The summed E-state index contributed by atoms with van der Waals surface area (Å²) in [6, 6.07) is 8.09. The van der Waals surface area contributed by atoms with Crippen LogP contribution in [0.15, 0.2) is 30.3 Å². The number of rotatable bonds is 5. The molecule has 2 aromatic rings. The average Bonchev–Trinajstić information content (AvgIpc) is 2.63. The van der Waals surface area contributed by atoms with Gasteiger partial charge in [-0.1, -0.05) is 12.1 Å². The molecule has 25 heavy (non-hydrogen) atoms. The number of nitrogens with zero attached hydrogens (tertiary/aromatic N) is 3. The van der Waals surface area contributed by atoms with Gasteiger partial charge in [-0.2, -0.15) is 0 Å². The molecule has 1 aromatic heterocycles. The second-order valence-electron chi connectivity index (χ2n) is 5.89. The van der Waals surface area contributed by atoms with Crippen LogP contribution in [0.25, 0.3) is 0 Å². The van der Waals surface area contributed by atoms with Gasteiger partial charge in [0.15, 0.2) is 0 Å². The van der Waals surface area contributed by atoms with Crippen molar-refractivity contribution in [1.29, 1.82) is 0 Å². The summed E-state index contributed by atoms with van der Waals surface area (Å²) in [7, 11) is 0. The lowest BCUT2D eigenvalue weighted by Crippen LogP contribution is -2.41. The van der Waals surface area contributed by atoms with Gasteiger partial charge >= 0.3 is 0 Å². The standard InChI is InChI=1S/C18H21FN4O2/c1-13-21-16(18(24)23-8-10-25-11-9-23)12-17(22-13)20-7-6-14-2-4-15(19)5-3-14/h2-5,12H,6-11H2,1H3,(H,20,21,22). The van der Waals surface area contributed by atoms with E-state index in [0.29, 0.717) is 50.2 Å². The van der Waals surface area contributed by atoms with Crippen LogP contribution in [0.5, 0.6) is 0 Å². The molecule has 0 bridgehead atoms. The molecule has 0 aliphatic carbocycles. The lowest BCUT2D eigenvalue weighted by Gasteiger charge is -2.26. The second-order valence-corrected chi connectivity index (χ2v) is 5.89. The lowest BCUT2D eigenvalue weighted by molar-refractivity contribution is 0.0299. The number of hydrogen-bond acceptors (Lipinski definition) is 5. The molecule has 1 aliphatic rings. The Bertz CT molecular complexity index is 730. The second kappa shape index (κ2) is 8.02. The molecule has 1 N–H and O–H groups in total. The number of ether oxygens (including phenoxy) is 1. The zero-order valence-electron chi connectivity index (χ0n) is 14.2. The highest BCUT2D eigenvalue weighted by Gasteiger charge is 2.20. The maximum atomic E-state index is 12.9. The molecule has 1 aliphatic heterocycles. The van der Waals surface area contributed by atoms with Crippen molar-refractivity contribution in [1.82, 2.24) is 14.9 Å². The summed E-state index contributed by atoms with van der Waals surface area (Å²) < 4.78 is 18.2. The van der Waals surface area contributed by atoms with E-state index in [1.54, 1.807) is 30.0 Å². The third-order valence-electron chi connectivity index (χ3n) is 3.99. The number of hydrogen-bond donors (Lipinski definition) is 1.